The quantitative estimate of drug-likeness (QED) is 0.630. The largest absolute Gasteiger partial charge is 0.369 e. The maximum Gasteiger partial charge on any atom is 0.251 e. The zero-order valence-electron chi connectivity index (χ0n) is 18.4. The lowest BCUT2D eigenvalue weighted by atomic mass is 10.1. The van der Waals surface area contributed by atoms with Crippen molar-refractivity contribution in [1.82, 2.24) is 10.2 Å². The molecule has 1 atom stereocenters. The van der Waals surface area contributed by atoms with Gasteiger partial charge in [0, 0.05) is 44.0 Å². The second kappa shape index (κ2) is 9.80. The van der Waals surface area contributed by atoms with Crippen molar-refractivity contribution >= 4 is 11.6 Å². The molecular weight excluding hydrogens is 382 g/mol. The summed E-state index contributed by atoms with van der Waals surface area (Å²) in [5.74, 6) is -0.0326. The highest BCUT2D eigenvalue weighted by atomic mass is 16.1. The SMILES string of the molecule is Cc1ccccc1N1CCN(Cc2ccc(C(=O)NC(C)c3ccccc3)cc2)CC1. The molecule has 1 unspecified atom stereocenters. The lowest BCUT2D eigenvalue weighted by Gasteiger charge is -2.36. The minimum absolute atomic E-state index is 0.0158. The normalized spacial score (nSPS) is 15.5. The lowest BCUT2D eigenvalue weighted by Crippen LogP contribution is -2.46. The molecule has 1 aliphatic rings. The van der Waals surface area contributed by atoms with Gasteiger partial charge >= 0.3 is 0 Å². The van der Waals surface area contributed by atoms with Crippen LogP contribution in [-0.4, -0.2) is 37.0 Å². The lowest BCUT2D eigenvalue weighted by molar-refractivity contribution is 0.0940. The molecule has 31 heavy (non-hydrogen) atoms. The van der Waals surface area contributed by atoms with Crippen molar-refractivity contribution in [3.05, 3.63) is 101 Å². The molecule has 0 saturated carbocycles. The maximum atomic E-state index is 12.6. The van der Waals surface area contributed by atoms with Gasteiger partial charge in [-0.05, 0) is 48.7 Å². The molecule has 0 radical (unpaired) electrons. The van der Waals surface area contributed by atoms with Crippen LogP contribution >= 0.6 is 0 Å². The number of carbonyl (C=O) groups excluding carboxylic acids is 1. The highest BCUT2D eigenvalue weighted by Crippen LogP contribution is 2.21. The Hall–Kier alpha value is -3.11. The number of hydrogen-bond acceptors (Lipinski definition) is 3. The third-order valence-electron chi connectivity index (χ3n) is 6.10. The Bertz CT molecular complexity index is 993. The Balaban J connectivity index is 1.29. The van der Waals surface area contributed by atoms with E-state index in [1.165, 1.54) is 16.8 Å². The van der Waals surface area contributed by atoms with Crippen LogP contribution in [0.15, 0.2) is 78.9 Å². The summed E-state index contributed by atoms with van der Waals surface area (Å²) in [6.45, 7) is 9.30. The number of carbonyl (C=O) groups is 1. The Morgan fingerprint density at radius 1 is 0.871 bits per heavy atom. The van der Waals surface area contributed by atoms with Gasteiger partial charge in [-0.15, -0.1) is 0 Å². The summed E-state index contributed by atoms with van der Waals surface area (Å²) >= 11 is 0. The number of amides is 1. The summed E-state index contributed by atoms with van der Waals surface area (Å²) < 4.78 is 0. The van der Waals surface area contributed by atoms with E-state index in [1.54, 1.807) is 0 Å². The van der Waals surface area contributed by atoms with Gasteiger partial charge in [-0.3, -0.25) is 9.69 Å². The Morgan fingerprint density at radius 2 is 1.52 bits per heavy atom. The van der Waals surface area contributed by atoms with Gasteiger partial charge in [-0.2, -0.15) is 0 Å². The minimum atomic E-state index is -0.0326. The van der Waals surface area contributed by atoms with E-state index in [1.807, 2.05) is 49.4 Å². The molecule has 1 saturated heterocycles. The molecule has 1 aliphatic heterocycles. The summed E-state index contributed by atoms with van der Waals surface area (Å²) in [7, 11) is 0. The van der Waals surface area contributed by atoms with E-state index in [0.29, 0.717) is 5.56 Å². The van der Waals surface area contributed by atoms with E-state index in [0.717, 1.165) is 38.3 Å². The smallest absolute Gasteiger partial charge is 0.251 e. The fourth-order valence-electron chi connectivity index (χ4n) is 4.19. The second-order valence-corrected chi connectivity index (χ2v) is 8.35. The number of nitrogens with zero attached hydrogens (tertiary/aromatic N) is 2. The molecule has 1 heterocycles. The Labute approximate surface area is 185 Å². The molecule has 0 bridgehead atoms. The van der Waals surface area contributed by atoms with Gasteiger partial charge in [0.2, 0.25) is 0 Å². The maximum absolute atomic E-state index is 12.6. The average Bonchev–Trinajstić information content (AvgIpc) is 2.81. The van der Waals surface area contributed by atoms with Crippen molar-refractivity contribution in [2.24, 2.45) is 0 Å². The summed E-state index contributed by atoms with van der Waals surface area (Å²) in [6.07, 6.45) is 0. The van der Waals surface area contributed by atoms with Gasteiger partial charge in [0.1, 0.15) is 0 Å². The number of anilines is 1. The van der Waals surface area contributed by atoms with Crippen molar-refractivity contribution in [3.63, 3.8) is 0 Å². The van der Waals surface area contributed by atoms with Crippen LogP contribution < -0.4 is 10.2 Å². The van der Waals surface area contributed by atoms with E-state index < -0.39 is 0 Å². The third-order valence-corrected chi connectivity index (χ3v) is 6.10. The topological polar surface area (TPSA) is 35.6 Å². The van der Waals surface area contributed by atoms with Crippen LogP contribution in [0.1, 0.15) is 40.0 Å². The first kappa shape index (κ1) is 21.1. The van der Waals surface area contributed by atoms with Gasteiger partial charge in [0.15, 0.2) is 0 Å². The number of piperazine rings is 1. The molecule has 4 rings (SSSR count). The fourth-order valence-corrected chi connectivity index (χ4v) is 4.19. The molecule has 1 fully saturated rings. The zero-order valence-corrected chi connectivity index (χ0v) is 18.4. The van der Waals surface area contributed by atoms with E-state index in [9.17, 15) is 4.79 Å². The molecule has 160 valence electrons. The molecule has 4 nitrogen and oxygen atoms in total. The van der Waals surface area contributed by atoms with Crippen LogP contribution in [0.4, 0.5) is 5.69 Å². The van der Waals surface area contributed by atoms with Crippen LogP contribution in [0.3, 0.4) is 0 Å². The average molecular weight is 414 g/mol. The molecule has 1 amide bonds. The number of aryl methyl sites for hydroxylation is 1. The van der Waals surface area contributed by atoms with Crippen LogP contribution in [-0.2, 0) is 6.54 Å². The van der Waals surface area contributed by atoms with Crippen molar-refractivity contribution in [2.75, 3.05) is 31.1 Å². The molecule has 1 N–H and O–H groups in total. The zero-order chi connectivity index (χ0) is 21.6. The highest BCUT2D eigenvalue weighted by molar-refractivity contribution is 5.94. The van der Waals surface area contributed by atoms with E-state index in [-0.39, 0.29) is 11.9 Å². The predicted octanol–water partition coefficient (Wildman–Crippen LogP) is 4.81. The van der Waals surface area contributed by atoms with Gasteiger partial charge in [0.05, 0.1) is 6.04 Å². The first-order valence-corrected chi connectivity index (χ1v) is 11.1. The van der Waals surface area contributed by atoms with Crippen molar-refractivity contribution in [3.8, 4) is 0 Å². The standard InChI is InChI=1S/C27H31N3O/c1-21-8-6-7-11-26(21)30-18-16-29(17-19-30)20-23-12-14-25(15-13-23)27(31)28-22(2)24-9-4-3-5-10-24/h3-15,22H,16-20H2,1-2H3,(H,28,31). The molecule has 4 heteroatoms. The first-order valence-electron chi connectivity index (χ1n) is 11.1. The summed E-state index contributed by atoms with van der Waals surface area (Å²) in [6, 6.07) is 26.7. The Morgan fingerprint density at radius 3 is 2.19 bits per heavy atom. The van der Waals surface area contributed by atoms with E-state index in [4.69, 9.17) is 0 Å². The second-order valence-electron chi connectivity index (χ2n) is 8.35. The summed E-state index contributed by atoms with van der Waals surface area (Å²) in [5.41, 5.74) is 5.75. The molecule has 0 aliphatic carbocycles. The number of hydrogen-bond donors (Lipinski definition) is 1. The fraction of sp³-hybridized carbons (Fsp3) is 0.296. The number of rotatable bonds is 6. The number of benzene rings is 3. The number of para-hydroxylation sites is 1. The predicted molar refractivity (Wildman–Crippen MR) is 127 cm³/mol. The summed E-state index contributed by atoms with van der Waals surface area (Å²) in [4.78, 5) is 17.6. The van der Waals surface area contributed by atoms with Gasteiger partial charge in [-0.1, -0.05) is 60.7 Å². The van der Waals surface area contributed by atoms with Crippen molar-refractivity contribution in [2.45, 2.75) is 26.4 Å². The minimum Gasteiger partial charge on any atom is -0.369 e. The van der Waals surface area contributed by atoms with Crippen LogP contribution in [0, 0.1) is 6.92 Å². The third kappa shape index (κ3) is 5.33. The first-order chi connectivity index (χ1) is 15.1. The van der Waals surface area contributed by atoms with Gasteiger partial charge in [-0.25, -0.2) is 0 Å². The summed E-state index contributed by atoms with van der Waals surface area (Å²) in [5, 5.41) is 3.08. The molecule has 0 spiro atoms. The highest BCUT2D eigenvalue weighted by Gasteiger charge is 2.18. The molecule has 0 aromatic heterocycles. The molecular formula is C27H31N3O. The van der Waals surface area contributed by atoms with E-state index >= 15 is 0 Å². The van der Waals surface area contributed by atoms with Gasteiger partial charge in [0.25, 0.3) is 5.91 Å². The monoisotopic (exact) mass is 413 g/mol. The Kier molecular flexibility index (Phi) is 6.68. The molecule has 3 aromatic rings. The van der Waals surface area contributed by atoms with Crippen LogP contribution in [0.2, 0.25) is 0 Å². The van der Waals surface area contributed by atoms with Crippen LogP contribution in [0.5, 0.6) is 0 Å². The van der Waals surface area contributed by atoms with Crippen molar-refractivity contribution in [1.29, 1.82) is 0 Å². The van der Waals surface area contributed by atoms with Gasteiger partial charge < -0.3 is 10.2 Å². The molecule has 3 aromatic carbocycles. The van der Waals surface area contributed by atoms with E-state index in [2.05, 4.69) is 58.4 Å². The van der Waals surface area contributed by atoms with Crippen molar-refractivity contribution < 1.29 is 4.79 Å². The number of nitrogens with one attached hydrogen (secondary N) is 1. The van der Waals surface area contributed by atoms with Crippen LogP contribution in [0.25, 0.3) is 0 Å².